The van der Waals surface area contributed by atoms with Crippen molar-refractivity contribution in [1.82, 2.24) is 0 Å². The molecule has 13 heavy (non-hydrogen) atoms. The lowest BCUT2D eigenvalue weighted by molar-refractivity contribution is 0.896. The standard InChI is InChI=1S/C11H14N2/c1-10-6-2-3-7-11(10)13-9-5-4-8-12/h2-3,6-7,13H,4-5,9H2,1H3. The van der Waals surface area contributed by atoms with E-state index in [4.69, 9.17) is 5.26 Å². The minimum Gasteiger partial charge on any atom is -0.385 e. The predicted octanol–water partition coefficient (Wildman–Crippen LogP) is 2.71. The van der Waals surface area contributed by atoms with Crippen LogP contribution in [0.5, 0.6) is 0 Å². The molecule has 0 bridgehead atoms. The van der Waals surface area contributed by atoms with Gasteiger partial charge in [-0.05, 0) is 25.0 Å². The minimum absolute atomic E-state index is 0.624. The Balaban J connectivity index is 2.37. The van der Waals surface area contributed by atoms with Gasteiger partial charge in [-0.25, -0.2) is 0 Å². The summed E-state index contributed by atoms with van der Waals surface area (Å²) < 4.78 is 0. The quantitative estimate of drug-likeness (QED) is 0.712. The Bertz CT molecular complexity index is 299. The van der Waals surface area contributed by atoms with Gasteiger partial charge in [0.15, 0.2) is 0 Å². The summed E-state index contributed by atoms with van der Waals surface area (Å²) in [6.07, 6.45) is 1.53. The van der Waals surface area contributed by atoms with Crippen molar-refractivity contribution in [3.63, 3.8) is 0 Å². The van der Waals surface area contributed by atoms with Crippen molar-refractivity contribution in [3.8, 4) is 6.07 Å². The van der Waals surface area contributed by atoms with Crippen LogP contribution in [0.25, 0.3) is 0 Å². The fourth-order valence-corrected chi connectivity index (χ4v) is 1.16. The highest BCUT2D eigenvalue weighted by Gasteiger charge is 1.93. The first kappa shape index (κ1) is 9.60. The molecule has 1 rings (SSSR count). The summed E-state index contributed by atoms with van der Waals surface area (Å²) in [5.41, 5.74) is 2.42. The largest absolute Gasteiger partial charge is 0.385 e. The second kappa shape index (κ2) is 5.21. The lowest BCUT2D eigenvalue weighted by Crippen LogP contribution is -2.02. The van der Waals surface area contributed by atoms with Crippen molar-refractivity contribution in [2.45, 2.75) is 19.8 Å². The number of nitriles is 1. The Labute approximate surface area is 79.2 Å². The zero-order valence-electron chi connectivity index (χ0n) is 7.88. The van der Waals surface area contributed by atoms with Crippen LogP contribution in [0.2, 0.25) is 0 Å². The molecule has 0 heterocycles. The molecule has 0 saturated heterocycles. The first-order valence-electron chi connectivity index (χ1n) is 4.51. The molecule has 0 aromatic heterocycles. The molecule has 2 nitrogen and oxygen atoms in total. The number of aryl methyl sites for hydroxylation is 1. The van der Waals surface area contributed by atoms with E-state index in [-0.39, 0.29) is 0 Å². The zero-order chi connectivity index (χ0) is 9.52. The molecule has 68 valence electrons. The van der Waals surface area contributed by atoms with Gasteiger partial charge in [-0.3, -0.25) is 0 Å². The number of hydrogen-bond donors (Lipinski definition) is 1. The molecule has 0 amide bonds. The van der Waals surface area contributed by atoms with Gasteiger partial charge in [-0.15, -0.1) is 0 Å². The van der Waals surface area contributed by atoms with Gasteiger partial charge >= 0.3 is 0 Å². The van der Waals surface area contributed by atoms with Crippen molar-refractivity contribution in [1.29, 1.82) is 5.26 Å². The van der Waals surface area contributed by atoms with Crippen LogP contribution in [0, 0.1) is 18.3 Å². The van der Waals surface area contributed by atoms with Crippen LogP contribution in [0.1, 0.15) is 18.4 Å². The van der Waals surface area contributed by atoms with E-state index in [2.05, 4.69) is 30.4 Å². The van der Waals surface area contributed by atoms with Gasteiger partial charge in [0.1, 0.15) is 0 Å². The van der Waals surface area contributed by atoms with Gasteiger partial charge in [-0.1, -0.05) is 18.2 Å². The SMILES string of the molecule is Cc1ccccc1NCCCC#N. The van der Waals surface area contributed by atoms with Crippen molar-refractivity contribution < 1.29 is 0 Å². The molecular weight excluding hydrogens is 160 g/mol. The van der Waals surface area contributed by atoms with Gasteiger partial charge in [-0.2, -0.15) is 5.26 Å². The number of nitrogens with one attached hydrogen (secondary N) is 1. The van der Waals surface area contributed by atoms with Crippen LogP contribution >= 0.6 is 0 Å². The topological polar surface area (TPSA) is 35.8 Å². The fourth-order valence-electron chi connectivity index (χ4n) is 1.16. The molecule has 0 aliphatic rings. The molecule has 0 unspecified atom stereocenters. The van der Waals surface area contributed by atoms with Crippen LogP contribution in [0.4, 0.5) is 5.69 Å². The van der Waals surface area contributed by atoms with E-state index < -0.39 is 0 Å². The van der Waals surface area contributed by atoms with Crippen molar-refractivity contribution >= 4 is 5.69 Å². The van der Waals surface area contributed by atoms with E-state index in [1.165, 1.54) is 11.3 Å². The Morgan fingerprint density at radius 3 is 2.85 bits per heavy atom. The molecule has 0 aliphatic carbocycles. The van der Waals surface area contributed by atoms with Crippen molar-refractivity contribution in [2.24, 2.45) is 0 Å². The third kappa shape index (κ3) is 3.16. The third-order valence-corrected chi connectivity index (χ3v) is 1.93. The zero-order valence-corrected chi connectivity index (χ0v) is 7.88. The molecule has 1 aromatic carbocycles. The maximum Gasteiger partial charge on any atom is 0.0622 e. The number of para-hydroxylation sites is 1. The van der Waals surface area contributed by atoms with Gasteiger partial charge in [0.05, 0.1) is 6.07 Å². The maximum atomic E-state index is 8.34. The van der Waals surface area contributed by atoms with Gasteiger partial charge in [0.2, 0.25) is 0 Å². The molecule has 0 fully saturated rings. The van der Waals surface area contributed by atoms with Crippen LogP contribution < -0.4 is 5.32 Å². The summed E-state index contributed by atoms with van der Waals surface area (Å²) in [6.45, 7) is 2.95. The van der Waals surface area contributed by atoms with E-state index in [1.807, 2.05) is 12.1 Å². The molecule has 0 saturated carbocycles. The first-order chi connectivity index (χ1) is 6.34. The summed E-state index contributed by atoms with van der Waals surface area (Å²) in [5, 5.41) is 11.6. The lowest BCUT2D eigenvalue weighted by Gasteiger charge is -2.07. The Morgan fingerprint density at radius 2 is 2.15 bits per heavy atom. The number of nitrogens with zero attached hydrogens (tertiary/aromatic N) is 1. The highest BCUT2D eigenvalue weighted by Crippen LogP contribution is 2.12. The van der Waals surface area contributed by atoms with Crippen LogP contribution in [0.3, 0.4) is 0 Å². The molecule has 2 heteroatoms. The van der Waals surface area contributed by atoms with Gasteiger partial charge in [0.25, 0.3) is 0 Å². The minimum atomic E-state index is 0.624. The molecule has 0 spiro atoms. The predicted molar refractivity (Wildman–Crippen MR) is 54.5 cm³/mol. The molecule has 0 aliphatic heterocycles. The average Bonchev–Trinajstić information content (AvgIpc) is 2.15. The molecular formula is C11H14N2. The molecule has 1 aromatic rings. The number of hydrogen-bond acceptors (Lipinski definition) is 2. The second-order valence-electron chi connectivity index (χ2n) is 3.00. The summed E-state index contributed by atoms with van der Waals surface area (Å²) in [5.74, 6) is 0. The molecule has 0 radical (unpaired) electrons. The normalized spacial score (nSPS) is 9.23. The Kier molecular flexibility index (Phi) is 3.84. The van der Waals surface area contributed by atoms with E-state index >= 15 is 0 Å². The Morgan fingerprint density at radius 1 is 1.38 bits per heavy atom. The lowest BCUT2D eigenvalue weighted by atomic mass is 10.2. The molecule has 1 N–H and O–H groups in total. The van der Waals surface area contributed by atoms with Crippen LogP contribution in [0.15, 0.2) is 24.3 Å². The van der Waals surface area contributed by atoms with E-state index in [0.29, 0.717) is 6.42 Å². The number of benzene rings is 1. The smallest absolute Gasteiger partial charge is 0.0622 e. The summed E-state index contributed by atoms with van der Waals surface area (Å²) in [4.78, 5) is 0. The monoisotopic (exact) mass is 174 g/mol. The van der Waals surface area contributed by atoms with Crippen LogP contribution in [-0.2, 0) is 0 Å². The first-order valence-corrected chi connectivity index (χ1v) is 4.51. The summed E-state index contributed by atoms with van der Waals surface area (Å²) >= 11 is 0. The van der Waals surface area contributed by atoms with Gasteiger partial charge in [0, 0.05) is 18.7 Å². The van der Waals surface area contributed by atoms with E-state index in [9.17, 15) is 0 Å². The highest BCUT2D eigenvalue weighted by atomic mass is 14.9. The van der Waals surface area contributed by atoms with Gasteiger partial charge < -0.3 is 5.32 Å². The Hall–Kier alpha value is -1.49. The summed E-state index contributed by atoms with van der Waals surface area (Å²) in [7, 11) is 0. The van der Waals surface area contributed by atoms with Crippen molar-refractivity contribution in [3.05, 3.63) is 29.8 Å². The van der Waals surface area contributed by atoms with E-state index in [0.717, 1.165) is 13.0 Å². The average molecular weight is 174 g/mol. The number of unbranched alkanes of at least 4 members (excludes halogenated alkanes) is 1. The highest BCUT2D eigenvalue weighted by molar-refractivity contribution is 5.50. The van der Waals surface area contributed by atoms with Crippen molar-refractivity contribution in [2.75, 3.05) is 11.9 Å². The van der Waals surface area contributed by atoms with E-state index in [1.54, 1.807) is 0 Å². The number of rotatable bonds is 4. The van der Waals surface area contributed by atoms with Crippen LogP contribution in [-0.4, -0.2) is 6.54 Å². The fraction of sp³-hybridized carbons (Fsp3) is 0.364. The molecule has 0 atom stereocenters. The second-order valence-corrected chi connectivity index (χ2v) is 3.00. The maximum absolute atomic E-state index is 8.34. The third-order valence-electron chi connectivity index (χ3n) is 1.93. The summed E-state index contributed by atoms with van der Waals surface area (Å²) in [6, 6.07) is 10.3. The number of anilines is 1.